The molecule has 2 amide bonds. The summed E-state index contributed by atoms with van der Waals surface area (Å²) in [4.78, 5) is 11.5. The molecule has 0 aromatic heterocycles. The highest BCUT2D eigenvalue weighted by molar-refractivity contribution is 7.97. The zero-order valence-corrected chi connectivity index (χ0v) is 10.8. The van der Waals surface area contributed by atoms with Gasteiger partial charge in [0.25, 0.3) is 0 Å². The third-order valence-corrected chi connectivity index (χ3v) is 3.23. The first-order chi connectivity index (χ1) is 8.76. The fourth-order valence-corrected chi connectivity index (χ4v) is 2.09. The van der Waals surface area contributed by atoms with Gasteiger partial charge in [0.1, 0.15) is 12.2 Å². The van der Waals surface area contributed by atoms with Crippen LogP contribution in [0.25, 0.3) is 0 Å². The van der Waals surface area contributed by atoms with Gasteiger partial charge in [-0.3, -0.25) is 4.72 Å². The van der Waals surface area contributed by atoms with Gasteiger partial charge < -0.3 is 14.8 Å². The molecule has 2 aliphatic rings. The Hall–Kier alpha value is -1.24. The van der Waals surface area contributed by atoms with E-state index in [4.69, 9.17) is 9.47 Å². The van der Waals surface area contributed by atoms with E-state index in [0.29, 0.717) is 0 Å². The Kier molecular flexibility index (Phi) is 3.15. The summed E-state index contributed by atoms with van der Waals surface area (Å²) in [5.41, 5.74) is 2.98. The predicted octanol–water partition coefficient (Wildman–Crippen LogP) is 2.23. The Bertz CT molecular complexity index is 442. The molecular weight excluding hydrogens is 252 g/mol. The van der Waals surface area contributed by atoms with E-state index in [-0.39, 0.29) is 18.2 Å². The summed E-state index contributed by atoms with van der Waals surface area (Å²) >= 11 is 1.26. The van der Waals surface area contributed by atoms with E-state index in [9.17, 15) is 4.79 Å². The molecule has 18 heavy (non-hydrogen) atoms. The number of carbonyl (C=O) groups is 1. The maximum absolute atomic E-state index is 11.5. The molecule has 1 aromatic carbocycles. The van der Waals surface area contributed by atoms with Crippen molar-refractivity contribution in [3.8, 4) is 0 Å². The number of hydrogen-bond acceptors (Lipinski definition) is 4. The first-order valence-electron chi connectivity index (χ1n) is 5.74. The molecule has 2 atom stereocenters. The van der Waals surface area contributed by atoms with Gasteiger partial charge in [-0.2, -0.15) is 0 Å². The minimum absolute atomic E-state index is 0.174. The third-order valence-electron chi connectivity index (χ3n) is 2.84. The Labute approximate surface area is 109 Å². The fourth-order valence-electron chi connectivity index (χ4n) is 1.85. The Morgan fingerprint density at radius 1 is 1.22 bits per heavy atom. The number of benzene rings is 1. The van der Waals surface area contributed by atoms with Crippen LogP contribution in [-0.2, 0) is 9.47 Å². The van der Waals surface area contributed by atoms with Crippen LogP contribution in [0.1, 0.15) is 23.3 Å². The van der Waals surface area contributed by atoms with Gasteiger partial charge in [0, 0.05) is 11.9 Å². The highest BCUT2D eigenvalue weighted by Gasteiger charge is 2.30. The molecule has 2 N–H and O–H groups in total. The lowest BCUT2D eigenvalue weighted by Crippen LogP contribution is -2.22. The second-order valence-corrected chi connectivity index (χ2v) is 4.90. The zero-order chi connectivity index (χ0) is 12.5. The topological polar surface area (TPSA) is 66.2 Å². The van der Waals surface area contributed by atoms with Crippen molar-refractivity contribution in [2.24, 2.45) is 0 Å². The summed E-state index contributed by atoms with van der Waals surface area (Å²) in [5.74, 6) is 0. The minimum atomic E-state index is -0.223. The van der Waals surface area contributed by atoms with E-state index in [1.807, 2.05) is 12.1 Å². The van der Waals surface area contributed by atoms with Crippen LogP contribution in [0.15, 0.2) is 18.2 Å². The van der Waals surface area contributed by atoms with E-state index >= 15 is 0 Å². The fraction of sp³-hybridized carbons (Fsp3) is 0.417. The van der Waals surface area contributed by atoms with Crippen LogP contribution < -0.4 is 10.0 Å². The van der Waals surface area contributed by atoms with E-state index in [1.54, 1.807) is 6.26 Å². The average Bonchev–Trinajstić information content (AvgIpc) is 3.19. The van der Waals surface area contributed by atoms with Crippen molar-refractivity contribution in [3.05, 3.63) is 29.3 Å². The van der Waals surface area contributed by atoms with Gasteiger partial charge in [0.15, 0.2) is 0 Å². The Morgan fingerprint density at radius 2 is 1.78 bits per heavy atom. The molecule has 2 fully saturated rings. The number of anilines is 1. The van der Waals surface area contributed by atoms with Gasteiger partial charge in [-0.15, -0.1) is 0 Å². The monoisotopic (exact) mass is 266 g/mol. The van der Waals surface area contributed by atoms with Gasteiger partial charge >= 0.3 is 6.03 Å². The van der Waals surface area contributed by atoms with Crippen molar-refractivity contribution in [1.82, 2.24) is 4.72 Å². The first-order valence-corrected chi connectivity index (χ1v) is 6.97. The number of nitrogens with one attached hydrogen (secondary N) is 2. The standard InChI is InChI=1S/C12H14N2O3S/c1-18-14-12(15)13-9-3-7(10-5-16-10)2-8(4-9)11-6-17-11/h2-4,10-11H,5-6H2,1H3,(H2,13,14,15). The number of carbonyl (C=O) groups excluding carboxylic acids is 1. The van der Waals surface area contributed by atoms with Crippen LogP contribution in [-0.4, -0.2) is 25.5 Å². The molecule has 2 unspecified atom stereocenters. The molecule has 0 radical (unpaired) electrons. The van der Waals surface area contributed by atoms with E-state index in [0.717, 1.165) is 30.0 Å². The van der Waals surface area contributed by atoms with Gasteiger partial charge in [-0.1, -0.05) is 18.0 Å². The van der Waals surface area contributed by atoms with E-state index < -0.39 is 0 Å². The number of ether oxygens (including phenoxy) is 2. The quantitative estimate of drug-likeness (QED) is 0.648. The maximum atomic E-state index is 11.5. The molecular formula is C12H14N2O3S. The van der Waals surface area contributed by atoms with Crippen molar-refractivity contribution < 1.29 is 14.3 Å². The van der Waals surface area contributed by atoms with Crippen molar-refractivity contribution in [2.45, 2.75) is 12.2 Å². The smallest absolute Gasteiger partial charge is 0.329 e. The van der Waals surface area contributed by atoms with Crippen LogP contribution in [0, 0.1) is 0 Å². The Balaban J connectivity index is 1.80. The van der Waals surface area contributed by atoms with Crippen molar-refractivity contribution in [1.29, 1.82) is 0 Å². The average molecular weight is 266 g/mol. The van der Waals surface area contributed by atoms with Crippen LogP contribution in [0.2, 0.25) is 0 Å². The molecule has 2 saturated heterocycles. The summed E-state index contributed by atoms with van der Waals surface area (Å²) in [6.45, 7) is 1.51. The number of rotatable bonds is 4. The molecule has 0 aliphatic carbocycles. The number of hydrogen-bond donors (Lipinski definition) is 2. The SMILES string of the molecule is CSNC(=O)Nc1cc(C2CO2)cc(C2CO2)c1. The molecule has 5 nitrogen and oxygen atoms in total. The second kappa shape index (κ2) is 4.79. The van der Waals surface area contributed by atoms with Crippen LogP contribution in [0.3, 0.4) is 0 Å². The summed E-state index contributed by atoms with van der Waals surface area (Å²) < 4.78 is 13.2. The molecule has 0 saturated carbocycles. The minimum Gasteiger partial charge on any atom is -0.368 e. The van der Waals surface area contributed by atoms with Crippen LogP contribution >= 0.6 is 11.9 Å². The van der Waals surface area contributed by atoms with E-state index in [1.165, 1.54) is 11.9 Å². The van der Waals surface area contributed by atoms with Crippen molar-refractivity contribution in [3.63, 3.8) is 0 Å². The molecule has 96 valence electrons. The van der Waals surface area contributed by atoms with Crippen molar-refractivity contribution in [2.75, 3.05) is 24.8 Å². The predicted molar refractivity (Wildman–Crippen MR) is 69.5 cm³/mol. The molecule has 2 heterocycles. The lowest BCUT2D eigenvalue weighted by molar-refractivity contribution is 0.257. The summed E-state index contributed by atoms with van der Waals surface area (Å²) in [6, 6.07) is 5.76. The molecule has 6 heteroatoms. The number of epoxide rings is 2. The Morgan fingerprint density at radius 3 is 2.22 bits per heavy atom. The lowest BCUT2D eigenvalue weighted by atomic mass is 10.0. The van der Waals surface area contributed by atoms with Gasteiger partial charge in [0.2, 0.25) is 0 Å². The molecule has 0 bridgehead atoms. The molecule has 1 aromatic rings. The summed E-state index contributed by atoms with van der Waals surface area (Å²) in [6.07, 6.45) is 2.15. The normalized spacial score (nSPS) is 24.5. The molecule has 3 rings (SSSR count). The van der Waals surface area contributed by atoms with Gasteiger partial charge in [-0.25, -0.2) is 4.79 Å². The highest BCUT2D eigenvalue weighted by atomic mass is 32.2. The summed E-state index contributed by atoms with van der Waals surface area (Å²) in [5, 5.41) is 2.81. The third kappa shape index (κ3) is 2.77. The molecule has 2 aliphatic heterocycles. The second-order valence-electron chi connectivity index (χ2n) is 4.29. The number of amides is 2. The largest absolute Gasteiger partial charge is 0.368 e. The van der Waals surface area contributed by atoms with Crippen LogP contribution in [0.5, 0.6) is 0 Å². The van der Waals surface area contributed by atoms with Gasteiger partial charge in [-0.05, 0) is 23.3 Å². The first kappa shape index (κ1) is 11.8. The van der Waals surface area contributed by atoms with E-state index in [2.05, 4.69) is 16.1 Å². The zero-order valence-electron chi connectivity index (χ0n) is 9.93. The number of urea groups is 1. The molecule has 0 spiro atoms. The van der Waals surface area contributed by atoms with Crippen molar-refractivity contribution >= 4 is 23.7 Å². The maximum Gasteiger partial charge on any atom is 0.329 e. The summed E-state index contributed by atoms with van der Waals surface area (Å²) in [7, 11) is 0. The van der Waals surface area contributed by atoms with Crippen LogP contribution in [0.4, 0.5) is 10.5 Å². The van der Waals surface area contributed by atoms with Gasteiger partial charge in [0.05, 0.1) is 13.2 Å². The highest BCUT2D eigenvalue weighted by Crippen LogP contribution is 2.37. The lowest BCUT2D eigenvalue weighted by Gasteiger charge is -2.09.